The lowest BCUT2D eigenvalue weighted by Crippen LogP contribution is -2.43. The molecule has 1 aliphatic rings. The Balaban J connectivity index is 1.97. The van der Waals surface area contributed by atoms with Gasteiger partial charge in [-0.3, -0.25) is 0 Å². The molecule has 1 heterocycles. The molecule has 4 nitrogen and oxygen atoms in total. The van der Waals surface area contributed by atoms with E-state index in [-0.39, 0.29) is 0 Å². The lowest BCUT2D eigenvalue weighted by atomic mass is 9.83. The number of aromatic nitrogens is 2. The maximum Gasteiger partial charge on any atom is 0.204 e. The van der Waals surface area contributed by atoms with Gasteiger partial charge in [-0.25, -0.2) is 4.98 Å². The summed E-state index contributed by atoms with van der Waals surface area (Å²) < 4.78 is 2.17. The minimum atomic E-state index is 0.320. The number of rotatable bonds is 4. The van der Waals surface area contributed by atoms with Crippen LogP contribution in [0.5, 0.6) is 0 Å². The predicted molar refractivity (Wildman–Crippen MR) is 75.9 cm³/mol. The fraction of sp³-hybridized carbons (Fsp3) is 0.786. The van der Waals surface area contributed by atoms with Crippen LogP contribution < -0.4 is 10.2 Å². The third kappa shape index (κ3) is 2.86. The first-order chi connectivity index (χ1) is 8.52. The van der Waals surface area contributed by atoms with Gasteiger partial charge in [0.15, 0.2) is 0 Å². The molecule has 0 radical (unpaired) electrons. The van der Waals surface area contributed by atoms with Crippen LogP contribution in [0.15, 0.2) is 6.20 Å². The molecule has 0 spiro atoms. The molecule has 0 atom stereocenters. The lowest BCUT2D eigenvalue weighted by molar-refractivity contribution is 0.251. The van der Waals surface area contributed by atoms with Crippen molar-refractivity contribution in [2.75, 3.05) is 19.0 Å². The van der Waals surface area contributed by atoms with E-state index in [9.17, 15) is 0 Å². The largest absolute Gasteiger partial charge is 0.348 e. The van der Waals surface area contributed by atoms with Gasteiger partial charge >= 0.3 is 0 Å². The summed E-state index contributed by atoms with van der Waals surface area (Å²) in [5, 5.41) is 3.73. The molecule has 0 aliphatic heterocycles. The Hall–Kier alpha value is -1.03. The summed E-state index contributed by atoms with van der Waals surface area (Å²) in [5.41, 5.74) is 1.58. The van der Waals surface area contributed by atoms with Crippen molar-refractivity contribution in [1.29, 1.82) is 0 Å². The number of hydrogen-bond donors (Lipinski definition) is 1. The first-order valence-electron chi connectivity index (χ1n) is 6.95. The van der Waals surface area contributed by atoms with Crippen LogP contribution in [0.3, 0.4) is 0 Å². The highest BCUT2D eigenvalue weighted by Gasteiger charge is 2.26. The summed E-state index contributed by atoms with van der Waals surface area (Å²) in [7, 11) is 6.15. The van der Waals surface area contributed by atoms with Crippen molar-refractivity contribution in [3.8, 4) is 0 Å². The minimum absolute atomic E-state index is 0.320. The SMILES string of the molecule is CN(C)c1ncc(CNC2(C)CCCCC2)n1C. The molecule has 1 fully saturated rings. The Labute approximate surface area is 110 Å². The molecule has 1 saturated carbocycles. The zero-order valence-electron chi connectivity index (χ0n) is 12.2. The topological polar surface area (TPSA) is 33.1 Å². The van der Waals surface area contributed by atoms with Gasteiger partial charge in [0.05, 0.1) is 11.9 Å². The minimum Gasteiger partial charge on any atom is -0.348 e. The Morgan fingerprint density at radius 3 is 2.56 bits per heavy atom. The molecule has 0 aromatic carbocycles. The first kappa shape index (κ1) is 13.4. The molecule has 2 rings (SSSR count). The average molecular weight is 250 g/mol. The summed E-state index contributed by atoms with van der Waals surface area (Å²) in [6.07, 6.45) is 8.69. The zero-order valence-corrected chi connectivity index (χ0v) is 12.2. The van der Waals surface area contributed by atoms with Crippen molar-refractivity contribution < 1.29 is 0 Å². The number of anilines is 1. The van der Waals surface area contributed by atoms with Crippen molar-refractivity contribution in [3.63, 3.8) is 0 Å². The monoisotopic (exact) mass is 250 g/mol. The van der Waals surface area contributed by atoms with Gasteiger partial charge in [0, 0.05) is 33.2 Å². The summed E-state index contributed by atoms with van der Waals surface area (Å²) in [4.78, 5) is 6.50. The van der Waals surface area contributed by atoms with Gasteiger partial charge in [0.25, 0.3) is 0 Å². The van der Waals surface area contributed by atoms with Crippen LogP contribution in [-0.4, -0.2) is 29.2 Å². The molecule has 1 aromatic rings. The van der Waals surface area contributed by atoms with Gasteiger partial charge in [-0.1, -0.05) is 19.3 Å². The van der Waals surface area contributed by atoms with Crippen molar-refractivity contribution in [2.45, 2.75) is 51.1 Å². The van der Waals surface area contributed by atoms with E-state index in [1.807, 2.05) is 25.2 Å². The highest BCUT2D eigenvalue weighted by atomic mass is 15.3. The van der Waals surface area contributed by atoms with Gasteiger partial charge in [0.2, 0.25) is 5.95 Å². The third-order valence-corrected chi connectivity index (χ3v) is 4.11. The van der Waals surface area contributed by atoms with Crippen molar-refractivity contribution in [3.05, 3.63) is 11.9 Å². The maximum atomic E-state index is 4.45. The van der Waals surface area contributed by atoms with Crippen molar-refractivity contribution in [1.82, 2.24) is 14.9 Å². The number of imidazole rings is 1. The number of nitrogens with one attached hydrogen (secondary N) is 1. The van der Waals surface area contributed by atoms with Gasteiger partial charge < -0.3 is 14.8 Å². The van der Waals surface area contributed by atoms with Crippen molar-refractivity contribution >= 4 is 5.95 Å². The van der Waals surface area contributed by atoms with Crippen LogP contribution in [0.2, 0.25) is 0 Å². The van der Waals surface area contributed by atoms with E-state index in [2.05, 4.69) is 28.8 Å². The van der Waals surface area contributed by atoms with Crippen LogP contribution in [0.1, 0.15) is 44.7 Å². The van der Waals surface area contributed by atoms with E-state index in [0.29, 0.717) is 5.54 Å². The van der Waals surface area contributed by atoms with Gasteiger partial charge in [0.1, 0.15) is 0 Å². The molecule has 1 aromatic heterocycles. The molecule has 4 heteroatoms. The van der Waals surface area contributed by atoms with E-state index in [1.54, 1.807) is 0 Å². The predicted octanol–water partition coefficient (Wildman–Crippen LogP) is 2.30. The molecule has 18 heavy (non-hydrogen) atoms. The number of hydrogen-bond acceptors (Lipinski definition) is 3. The Morgan fingerprint density at radius 2 is 2.00 bits per heavy atom. The molecule has 1 N–H and O–H groups in total. The fourth-order valence-corrected chi connectivity index (χ4v) is 2.83. The molecule has 0 saturated heterocycles. The normalized spacial score (nSPS) is 18.9. The molecule has 102 valence electrons. The zero-order chi connectivity index (χ0) is 13.2. The maximum absolute atomic E-state index is 4.45. The second-order valence-electron chi connectivity index (χ2n) is 5.98. The van der Waals surface area contributed by atoms with E-state index in [4.69, 9.17) is 0 Å². The second-order valence-corrected chi connectivity index (χ2v) is 5.98. The number of nitrogens with zero attached hydrogens (tertiary/aromatic N) is 3. The fourth-order valence-electron chi connectivity index (χ4n) is 2.83. The summed E-state index contributed by atoms with van der Waals surface area (Å²) in [6.45, 7) is 3.27. The molecule has 0 bridgehead atoms. The summed E-state index contributed by atoms with van der Waals surface area (Å²) >= 11 is 0. The van der Waals surface area contributed by atoms with E-state index in [1.165, 1.54) is 37.8 Å². The van der Waals surface area contributed by atoms with Crippen LogP contribution >= 0.6 is 0 Å². The third-order valence-electron chi connectivity index (χ3n) is 4.11. The van der Waals surface area contributed by atoms with Crippen molar-refractivity contribution in [2.24, 2.45) is 7.05 Å². The average Bonchev–Trinajstić information content (AvgIpc) is 2.69. The quantitative estimate of drug-likeness (QED) is 0.890. The van der Waals surface area contributed by atoms with Crippen LogP contribution in [0, 0.1) is 0 Å². The smallest absolute Gasteiger partial charge is 0.204 e. The van der Waals surface area contributed by atoms with E-state index < -0.39 is 0 Å². The molecule has 0 unspecified atom stereocenters. The first-order valence-corrected chi connectivity index (χ1v) is 6.95. The van der Waals surface area contributed by atoms with Crippen LogP contribution in [0.25, 0.3) is 0 Å². The standard InChI is InChI=1S/C14H26N4/c1-14(8-6-5-7-9-14)16-11-12-10-15-13(17(2)3)18(12)4/h10,16H,5-9,11H2,1-4H3. The Bertz CT molecular complexity index is 388. The lowest BCUT2D eigenvalue weighted by Gasteiger charge is -2.34. The van der Waals surface area contributed by atoms with Gasteiger partial charge in [-0.05, 0) is 19.8 Å². The van der Waals surface area contributed by atoms with E-state index >= 15 is 0 Å². The second kappa shape index (κ2) is 5.31. The van der Waals surface area contributed by atoms with Gasteiger partial charge in [-0.15, -0.1) is 0 Å². The molecule has 0 amide bonds. The van der Waals surface area contributed by atoms with Gasteiger partial charge in [-0.2, -0.15) is 0 Å². The molecular formula is C14H26N4. The molecular weight excluding hydrogens is 224 g/mol. The highest BCUT2D eigenvalue weighted by Crippen LogP contribution is 2.27. The molecule has 1 aliphatic carbocycles. The van der Waals surface area contributed by atoms with E-state index in [0.717, 1.165) is 12.5 Å². The Kier molecular flexibility index (Phi) is 3.95. The van der Waals surface area contributed by atoms with Crippen LogP contribution in [-0.2, 0) is 13.6 Å². The summed E-state index contributed by atoms with van der Waals surface area (Å²) in [6, 6.07) is 0. The summed E-state index contributed by atoms with van der Waals surface area (Å²) in [5.74, 6) is 1.01. The van der Waals surface area contributed by atoms with Crippen LogP contribution in [0.4, 0.5) is 5.95 Å². The highest BCUT2D eigenvalue weighted by molar-refractivity contribution is 5.30. The Morgan fingerprint density at radius 1 is 1.33 bits per heavy atom.